The van der Waals surface area contributed by atoms with Crippen molar-refractivity contribution in [3.05, 3.63) is 0 Å². The Morgan fingerprint density at radius 2 is 1.53 bits per heavy atom. The second kappa shape index (κ2) is 7.00. The Bertz CT molecular complexity index is 663. The molecule has 0 heterocycles. The van der Waals surface area contributed by atoms with Crippen LogP contribution in [0.5, 0.6) is 0 Å². The van der Waals surface area contributed by atoms with Crippen molar-refractivity contribution in [1.82, 2.24) is 0 Å². The van der Waals surface area contributed by atoms with Crippen LogP contribution in [-0.4, -0.2) is 0 Å². The van der Waals surface area contributed by atoms with Crippen LogP contribution >= 0.6 is 0 Å². The molecule has 0 N–H and O–H groups in total. The molecule has 0 aromatic heterocycles. The highest BCUT2D eigenvalue weighted by atomic mass is 14.8. The zero-order valence-corrected chi connectivity index (χ0v) is 21.5. The third-order valence-corrected chi connectivity index (χ3v) is 13.5. The van der Waals surface area contributed by atoms with Gasteiger partial charge in [-0.1, -0.05) is 74.1 Å². The highest BCUT2D eigenvalue weighted by Gasteiger charge is 2.80. The van der Waals surface area contributed by atoms with Crippen LogP contribution in [0.25, 0.3) is 0 Å². The molecule has 5 rings (SSSR count). The van der Waals surface area contributed by atoms with Gasteiger partial charge in [0.15, 0.2) is 0 Å². The van der Waals surface area contributed by atoms with E-state index >= 15 is 0 Å². The predicted octanol–water partition coefficient (Wildman–Crippen LogP) is 9.13. The van der Waals surface area contributed by atoms with Crippen molar-refractivity contribution in [3.8, 4) is 0 Å². The molecular weight excluding hydrogens is 360 g/mol. The van der Waals surface area contributed by atoms with Crippen molar-refractivity contribution >= 4 is 0 Å². The van der Waals surface area contributed by atoms with Gasteiger partial charge in [0.25, 0.3) is 0 Å². The molecule has 5 saturated carbocycles. The number of hydrogen-bond donors (Lipinski definition) is 0. The molecule has 0 bridgehead atoms. The van der Waals surface area contributed by atoms with Gasteiger partial charge in [-0.15, -0.1) is 0 Å². The van der Waals surface area contributed by atoms with Gasteiger partial charge in [0, 0.05) is 0 Å². The molecule has 10 atom stereocenters. The Morgan fingerprint density at radius 3 is 2.27 bits per heavy atom. The standard InChI is InChI=1S/C30H52/c1-20(2)21(3)10-11-23(5)24-14-16-28(7)26-13-12-25-22(4)9-8-15-29(25)19-30(26,29)18-17-27(24,28)6/h20-26H,8-19H2,1-7H3/t21-,22+,23+,24+,25-,26-,27+,28-,29+,30-/m0/s1. The first kappa shape index (κ1) is 21.8. The van der Waals surface area contributed by atoms with E-state index in [1.54, 1.807) is 44.9 Å². The van der Waals surface area contributed by atoms with Crippen LogP contribution in [0.3, 0.4) is 0 Å². The van der Waals surface area contributed by atoms with Gasteiger partial charge in [-0.05, 0) is 114 Å². The first-order valence-corrected chi connectivity index (χ1v) is 14.1. The van der Waals surface area contributed by atoms with Crippen molar-refractivity contribution in [2.24, 2.45) is 63.1 Å². The predicted molar refractivity (Wildman–Crippen MR) is 129 cm³/mol. The van der Waals surface area contributed by atoms with E-state index in [9.17, 15) is 0 Å². The molecule has 2 spiro atoms. The lowest BCUT2D eigenvalue weighted by Crippen LogP contribution is -2.55. The summed E-state index contributed by atoms with van der Waals surface area (Å²) in [5.41, 5.74) is 2.82. The summed E-state index contributed by atoms with van der Waals surface area (Å²) in [6.07, 6.45) is 18.6. The number of fused-ring (bicyclic) bond motifs is 2. The minimum atomic E-state index is 0.611. The van der Waals surface area contributed by atoms with Crippen LogP contribution in [0.15, 0.2) is 0 Å². The van der Waals surface area contributed by atoms with Gasteiger partial charge in [-0.25, -0.2) is 0 Å². The van der Waals surface area contributed by atoms with E-state index in [2.05, 4.69) is 48.5 Å². The highest BCUT2D eigenvalue weighted by Crippen LogP contribution is 2.88. The second-order valence-corrected chi connectivity index (χ2v) is 14.4. The molecule has 0 aliphatic heterocycles. The minimum absolute atomic E-state index is 0.611. The summed E-state index contributed by atoms with van der Waals surface area (Å²) in [6, 6.07) is 0. The SMILES string of the molecule is CC(C)[C@@H](C)CC[C@@H](C)[C@H]1CC[C@@]2(C)[C@@H]3CC[C@H]4[C@H](C)CCC[C@@]45C[C@@]35CC[C@]12C. The van der Waals surface area contributed by atoms with E-state index in [0.29, 0.717) is 10.8 Å². The van der Waals surface area contributed by atoms with Gasteiger partial charge in [0.1, 0.15) is 0 Å². The molecule has 0 unspecified atom stereocenters. The Morgan fingerprint density at radius 1 is 0.767 bits per heavy atom. The van der Waals surface area contributed by atoms with E-state index in [0.717, 1.165) is 52.3 Å². The molecule has 0 aromatic carbocycles. The van der Waals surface area contributed by atoms with Gasteiger partial charge in [-0.3, -0.25) is 0 Å². The maximum atomic E-state index is 2.81. The third kappa shape index (κ3) is 2.64. The lowest BCUT2D eigenvalue weighted by atomic mass is 9.43. The molecule has 0 radical (unpaired) electrons. The summed E-state index contributed by atoms with van der Waals surface area (Å²) in [4.78, 5) is 0. The summed E-state index contributed by atoms with van der Waals surface area (Å²) in [5.74, 6) is 6.79. The van der Waals surface area contributed by atoms with E-state index < -0.39 is 0 Å². The Kier molecular flexibility index (Phi) is 5.09. The Hall–Kier alpha value is 0. The van der Waals surface area contributed by atoms with Gasteiger partial charge < -0.3 is 0 Å². The summed E-state index contributed by atoms with van der Waals surface area (Å²) < 4.78 is 0. The smallest absolute Gasteiger partial charge is 0.0199 e. The second-order valence-electron chi connectivity index (χ2n) is 14.4. The Labute approximate surface area is 188 Å². The molecule has 0 saturated heterocycles. The average Bonchev–Trinajstić information content (AvgIpc) is 3.27. The van der Waals surface area contributed by atoms with Gasteiger partial charge in [0.05, 0.1) is 0 Å². The lowest BCUT2D eigenvalue weighted by molar-refractivity contribution is -0.132. The molecule has 172 valence electrons. The van der Waals surface area contributed by atoms with Crippen LogP contribution in [0, 0.1) is 63.1 Å². The molecule has 0 heteroatoms. The third-order valence-electron chi connectivity index (χ3n) is 13.5. The first-order valence-electron chi connectivity index (χ1n) is 14.1. The molecule has 0 nitrogen and oxygen atoms in total. The topological polar surface area (TPSA) is 0 Å². The fourth-order valence-corrected chi connectivity index (χ4v) is 11.1. The van der Waals surface area contributed by atoms with Crippen LogP contribution in [0.1, 0.15) is 126 Å². The number of rotatable bonds is 5. The van der Waals surface area contributed by atoms with Crippen LogP contribution in [-0.2, 0) is 0 Å². The maximum absolute atomic E-state index is 2.81. The lowest BCUT2D eigenvalue weighted by Gasteiger charge is -2.62. The van der Waals surface area contributed by atoms with Gasteiger partial charge in [0.2, 0.25) is 0 Å². The van der Waals surface area contributed by atoms with Gasteiger partial charge >= 0.3 is 0 Å². The van der Waals surface area contributed by atoms with Crippen LogP contribution < -0.4 is 0 Å². The molecule has 0 amide bonds. The molecule has 5 aliphatic carbocycles. The Balaban J connectivity index is 1.37. The number of hydrogen-bond acceptors (Lipinski definition) is 0. The van der Waals surface area contributed by atoms with Crippen molar-refractivity contribution in [3.63, 3.8) is 0 Å². The minimum Gasteiger partial charge on any atom is -0.0625 e. The van der Waals surface area contributed by atoms with Crippen molar-refractivity contribution < 1.29 is 0 Å². The van der Waals surface area contributed by atoms with Crippen molar-refractivity contribution in [2.45, 2.75) is 126 Å². The fraction of sp³-hybridized carbons (Fsp3) is 1.00. The zero-order chi connectivity index (χ0) is 21.5. The normalized spacial score (nSPS) is 54.0. The molecule has 5 fully saturated rings. The van der Waals surface area contributed by atoms with E-state index in [1.165, 1.54) is 32.1 Å². The van der Waals surface area contributed by atoms with Crippen LogP contribution in [0.4, 0.5) is 0 Å². The molecule has 5 aliphatic rings. The summed E-state index contributed by atoms with van der Waals surface area (Å²) in [7, 11) is 0. The summed E-state index contributed by atoms with van der Waals surface area (Å²) in [6.45, 7) is 18.1. The van der Waals surface area contributed by atoms with E-state index in [4.69, 9.17) is 0 Å². The fourth-order valence-electron chi connectivity index (χ4n) is 11.1. The molecule has 30 heavy (non-hydrogen) atoms. The van der Waals surface area contributed by atoms with Crippen molar-refractivity contribution in [2.75, 3.05) is 0 Å². The molecular formula is C30H52. The largest absolute Gasteiger partial charge is 0.0625 e. The monoisotopic (exact) mass is 412 g/mol. The van der Waals surface area contributed by atoms with E-state index in [1.807, 2.05) is 0 Å². The zero-order valence-electron chi connectivity index (χ0n) is 21.5. The quantitative estimate of drug-likeness (QED) is 0.422. The summed E-state index contributed by atoms with van der Waals surface area (Å²) >= 11 is 0. The average molecular weight is 413 g/mol. The first-order chi connectivity index (χ1) is 14.1. The van der Waals surface area contributed by atoms with Crippen LogP contribution in [0.2, 0.25) is 0 Å². The van der Waals surface area contributed by atoms with E-state index in [-0.39, 0.29) is 0 Å². The maximum Gasteiger partial charge on any atom is -0.0199 e. The summed E-state index contributed by atoms with van der Waals surface area (Å²) in [5, 5.41) is 0. The molecule has 0 aromatic rings. The highest BCUT2D eigenvalue weighted by molar-refractivity contribution is 5.29. The van der Waals surface area contributed by atoms with Crippen molar-refractivity contribution in [1.29, 1.82) is 0 Å². The van der Waals surface area contributed by atoms with Gasteiger partial charge in [-0.2, -0.15) is 0 Å².